The summed E-state index contributed by atoms with van der Waals surface area (Å²) in [7, 11) is 1.66. The standard InChI is InChI=1S/C19H21NO2/c1-4-20-15(12-16-14(2)8-7-9-17(16)20)13-22-19-11-6-5-10-18(19)21-3/h5-12H,4,13H2,1-3H3. The summed E-state index contributed by atoms with van der Waals surface area (Å²) in [6.07, 6.45) is 0. The maximum Gasteiger partial charge on any atom is 0.161 e. The van der Waals surface area contributed by atoms with Gasteiger partial charge in [0.2, 0.25) is 0 Å². The van der Waals surface area contributed by atoms with Gasteiger partial charge in [0.1, 0.15) is 6.61 Å². The third kappa shape index (κ3) is 2.54. The van der Waals surface area contributed by atoms with Gasteiger partial charge in [0, 0.05) is 17.4 Å². The zero-order chi connectivity index (χ0) is 15.5. The minimum Gasteiger partial charge on any atom is -0.493 e. The zero-order valence-electron chi connectivity index (χ0n) is 13.3. The molecule has 0 saturated carbocycles. The van der Waals surface area contributed by atoms with E-state index in [-0.39, 0.29) is 0 Å². The summed E-state index contributed by atoms with van der Waals surface area (Å²) < 4.78 is 13.6. The molecule has 0 spiro atoms. The Morgan fingerprint density at radius 3 is 2.50 bits per heavy atom. The Morgan fingerprint density at radius 2 is 1.77 bits per heavy atom. The molecular formula is C19H21NO2. The number of hydrogen-bond acceptors (Lipinski definition) is 2. The average Bonchev–Trinajstić information content (AvgIpc) is 2.92. The van der Waals surface area contributed by atoms with Crippen LogP contribution in [-0.4, -0.2) is 11.7 Å². The van der Waals surface area contributed by atoms with Gasteiger partial charge in [-0.25, -0.2) is 0 Å². The van der Waals surface area contributed by atoms with E-state index < -0.39 is 0 Å². The van der Waals surface area contributed by atoms with Crippen molar-refractivity contribution in [2.45, 2.75) is 27.0 Å². The molecule has 114 valence electrons. The summed E-state index contributed by atoms with van der Waals surface area (Å²) in [5, 5.41) is 1.29. The Balaban J connectivity index is 1.92. The van der Waals surface area contributed by atoms with E-state index in [9.17, 15) is 0 Å². The van der Waals surface area contributed by atoms with Crippen molar-refractivity contribution in [3.05, 3.63) is 59.8 Å². The van der Waals surface area contributed by atoms with Crippen molar-refractivity contribution >= 4 is 10.9 Å². The Kier molecular flexibility index (Phi) is 4.05. The highest BCUT2D eigenvalue weighted by molar-refractivity contribution is 5.84. The quantitative estimate of drug-likeness (QED) is 0.689. The number of methoxy groups -OCH3 is 1. The first kappa shape index (κ1) is 14.5. The van der Waals surface area contributed by atoms with E-state index in [0.717, 1.165) is 18.0 Å². The molecule has 0 aliphatic rings. The number of aryl methyl sites for hydroxylation is 2. The van der Waals surface area contributed by atoms with Crippen LogP contribution in [0.3, 0.4) is 0 Å². The van der Waals surface area contributed by atoms with Gasteiger partial charge in [0.05, 0.1) is 12.8 Å². The van der Waals surface area contributed by atoms with E-state index >= 15 is 0 Å². The number of aromatic nitrogens is 1. The van der Waals surface area contributed by atoms with E-state index in [1.54, 1.807) is 7.11 Å². The van der Waals surface area contributed by atoms with Crippen molar-refractivity contribution in [2.24, 2.45) is 0 Å². The molecule has 0 N–H and O–H groups in total. The number of rotatable bonds is 5. The predicted octanol–water partition coefficient (Wildman–Crippen LogP) is 4.56. The molecule has 0 bridgehead atoms. The average molecular weight is 295 g/mol. The van der Waals surface area contributed by atoms with Crippen molar-refractivity contribution < 1.29 is 9.47 Å². The maximum absolute atomic E-state index is 5.98. The summed E-state index contributed by atoms with van der Waals surface area (Å²) in [6.45, 7) is 5.77. The SMILES string of the molecule is CCn1c(COc2ccccc2OC)cc2c(C)cccc21. The second-order valence-corrected chi connectivity index (χ2v) is 5.33. The number of nitrogens with zero attached hydrogens (tertiary/aromatic N) is 1. The molecule has 0 amide bonds. The van der Waals surface area contributed by atoms with Gasteiger partial charge in [-0.1, -0.05) is 24.3 Å². The first-order valence-corrected chi connectivity index (χ1v) is 7.58. The number of benzene rings is 2. The van der Waals surface area contributed by atoms with Gasteiger partial charge < -0.3 is 14.0 Å². The van der Waals surface area contributed by atoms with Gasteiger partial charge in [-0.05, 0) is 43.7 Å². The molecule has 2 aromatic carbocycles. The monoisotopic (exact) mass is 295 g/mol. The third-order valence-corrected chi connectivity index (χ3v) is 4.01. The zero-order valence-corrected chi connectivity index (χ0v) is 13.3. The summed E-state index contributed by atoms with van der Waals surface area (Å²) in [6, 6.07) is 16.4. The van der Waals surface area contributed by atoms with E-state index in [2.05, 4.69) is 42.7 Å². The highest BCUT2D eigenvalue weighted by Gasteiger charge is 2.10. The number of para-hydroxylation sites is 2. The second kappa shape index (κ2) is 6.14. The lowest BCUT2D eigenvalue weighted by molar-refractivity contribution is 0.277. The lowest BCUT2D eigenvalue weighted by Gasteiger charge is -2.12. The fourth-order valence-electron chi connectivity index (χ4n) is 2.87. The van der Waals surface area contributed by atoms with Crippen molar-refractivity contribution in [3.63, 3.8) is 0 Å². The molecule has 22 heavy (non-hydrogen) atoms. The van der Waals surface area contributed by atoms with Crippen LogP contribution in [0.15, 0.2) is 48.5 Å². The highest BCUT2D eigenvalue weighted by Crippen LogP contribution is 2.28. The molecule has 3 aromatic rings. The molecule has 1 aromatic heterocycles. The molecule has 0 unspecified atom stereocenters. The topological polar surface area (TPSA) is 23.4 Å². The minimum absolute atomic E-state index is 0.530. The summed E-state index contributed by atoms with van der Waals surface area (Å²) in [5.74, 6) is 1.53. The summed E-state index contributed by atoms with van der Waals surface area (Å²) >= 11 is 0. The van der Waals surface area contributed by atoms with Crippen LogP contribution in [0, 0.1) is 6.92 Å². The molecule has 0 aliphatic heterocycles. The fraction of sp³-hybridized carbons (Fsp3) is 0.263. The van der Waals surface area contributed by atoms with Crippen LogP contribution in [0.4, 0.5) is 0 Å². The molecule has 0 atom stereocenters. The smallest absolute Gasteiger partial charge is 0.161 e. The first-order chi connectivity index (χ1) is 10.7. The predicted molar refractivity (Wildman–Crippen MR) is 89.7 cm³/mol. The van der Waals surface area contributed by atoms with Crippen LogP contribution < -0.4 is 9.47 Å². The van der Waals surface area contributed by atoms with Gasteiger partial charge >= 0.3 is 0 Å². The van der Waals surface area contributed by atoms with Crippen LogP contribution >= 0.6 is 0 Å². The number of hydrogen-bond donors (Lipinski definition) is 0. The molecule has 3 nitrogen and oxygen atoms in total. The number of fused-ring (bicyclic) bond motifs is 1. The molecule has 1 heterocycles. The Labute approximate surface area is 131 Å². The van der Waals surface area contributed by atoms with E-state index in [4.69, 9.17) is 9.47 Å². The van der Waals surface area contributed by atoms with Crippen LogP contribution in [-0.2, 0) is 13.2 Å². The normalized spacial score (nSPS) is 10.9. The Morgan fingerprint density at radius 1 is 1.00 bits per heavy atom. The van der Waals surface area contributed by atoms with Crippen LogP contribution in [0.5, 0.6) is 11.5 Å². The third-order valence-electron chi connectivity index (χ3n) is 4.01. The molecule has 0 radical (unpaired) electrons. The van der Waals surface area contributed by atoms with Crippen LogP contribution in [0.1, 0.15) is 18.2 Å². The van der Waals surface area contributed by atoms with Gasteiger partial charge in [0.15, 0.2) is 11.5 Å². The fourth-order valence-corrected chi connectivity index (χ4v) is 2.87. The second-order valence-electron chi connectivity index (χ2n) is 5.33. The van der Waals surface area contributed by atoms with E-state index in [1.165, 1.54) is 22.2 Å². The van der Waals surface area contributed by atoms with Gasteiger partial charge in [0.25, 0.3) is 0 Å². The maximum atomic E-state index is 5.98. The van der Waals surface area contributed by atoms with Crippen molar-refractivity contribution in [2.75, 3.05) is 7.11 Å². The molecule has 0 fully saturated rings. The van der Waals surface area contributed by atoms with Gasteiger partial charge in [-0.15, -0.1) is 0 Å². The lowest BCUT2D eigenvalue weighted by atomic mass is 10.1. The van der Waals surface area contributed by atoms with Crippen molar-refractivity contribution in [1.82, 2.24) is 4.57 Å². The van der Waals surface area contributed by atoms with Gasteiger partial charge in [-0.3, -0.25) is 0 Å². The van der Waals surface area contributed by atoms with E-state index in [1.807, 2.05) is 24.3 Å². The molecular weight excluding hydrogens is 274 g/mol. The summed E-state index contributed by atoms with van der Waals surface area (Å²) in [4.78, 5) is 0. The van der Waals surface area contributed by atoms with Crippen molar-refractivity contribution in [3.8, 4) is 11.5 Å². The molecule has 0 aliphatic carbocycles. The number of ether oxygens (including phenoxy) is 2. The lowest BCUT2D eigenvalue weighted by Crippen LogP contribution is -2.05. The molecule has 3 rings (SSSR count). The Bertz CT molecular complexity index is 789. The van der Waals surface area contributed by atoms with Crippen LogP contribution in [0.25, 0.3) is 10.9 Å². The minimum atomic E-state index is 0.530. The largest absolute Gasteiger partial charge is 0.493 e. The molecule has 0 saturated heterocycles. The Hall–Kier alpha value is -2.42. The first-order valence-electron chi connectivity index (χ1n) is 7.58. The van der Waals surface area contributed by atoms with Gasteiger partial charge in [-0.2, -0.15) is 0 Å². The molecule has 3 heteroatoms. The van der Waals surface area contributed by atoms with E-state index in [0.29, 0.717) is 6.61 Å². The highest BCUT2D eigenvalue weighted by atomic mass is 16.5. The van der Waals surface area contributed by atoms with Crippen molar-refractivity contribution in [1.29, 1.82) is 0 Å². The van der Waals surface area contributed by atoms with Crippen LogP contribution in [0.2, 0.25) is 0 Å². The summed E-state index contributed by atoms with van der Waals surface area (Å²) in [5.41, 5.74) is 3.74.